The molecule has 5 heteroatoms. The van der Waals surface area contributed by atoms with Gasteiger partial charge in [0.2, 0.25) is 9.84 Å². The van der Waals surface area contributed by atoms with Crippen LogP contribution in [0.3, 0.4) is 0 Å². The molecule has 41 heavy (non-hydrogen) atoms. The Morgan fingerprint density at radius 2 is 0.927 bits per heavy atom. The SMILES string of the molecule is CC.CC(c1ccc(Oc2ccc(S(=O)(=O)c3ccc(C(C)(C)C)cc3)cc2)cc1)c1ccc(OC(C)(C)C)cc1. The van der Waals surface area contributed by atoms with E-state index in [1.807, 2.05) is 71.0 Å². The van der Waals surface area contributed by atoms with E-state index in [1.165, 1.54) is 11.1 Å². The average Bonchev–Trinajstić information content (AvgIpc) is 2.94. The molecule has 0 heterocycles. The normalized spacial score (nSPS) is 12.6. The molecule has 1 unspecified atom stereocenters. The summed E-state index contributed by atoms with van der Waals surface area (Å²) in [7, 11) is -3.61. The molecular formula is C36H44O4S. The van der Waals surface area contributed by atoms with E-state index in [-0.39, 0.29) is 26.7 Å². The summed E-state index contributed by atoms with van der Waals surface area (Å²) in [5.41, 5.74) is 3.20. The molecule has 0 aromatic heterocycles. The highest BCUT2D eigenvalue weighted by Gasteiger charge is 2.20. The van der Waals surface area contributed by atoms with Crippen molar-refractivity contribution in [2.75, 3.05) is 0 Å². The average molecular weight is 573 g/mol. The van der Waals surface area contributed by atoms with Crippen LogP contribution in [-0.2, 0) is 15.3 Å². The maximum Gasteiger partial charge on any atom is 0.206 e. The third-order valence-electron chi connectivity index (χ3n) is 6.58. The molecule has 0 aliphatic rings. The van der Waals surface area contributed by atoms with Gasteiger partial charge in [-0.1, -0.05) is 77.9 Å². The maximum atomic E-state index is 13.1. The number of rotatable bonds is 7. The third-order valence-corrected chi connectivity index (χ3v) is 8.37. The van der Waals surface area contributed by atoms with Gasteiger partial charge in [0.15, 0.2) is 0 Å². The van der Waals surface area contributed by atoms with Crippen LogP contribution < -0.4 is 9.47 Å². The standard InChI is InChI=1S/C34H38O4S.C2H6/c1-24(26-10-16-30(17-11-26)38-34(5,6)7)25-8-14-28(15-9-25)37-29-18-22-32(23-19-29)39(35,36)31-20-12-27(13-21-31)33(2,3)4;1-2/h8-24H,1-7H3;1-2H3. The van der Waals surface area contributed by atoms with Crippen LogP contribution in [0.4, 0.5) is 0 Å². The van der Waals surface area contributed by atoms with Gasteiger partial charge in [0.25, 0.3) is 0 Å². The number of hydrogen-bond donors (Lipinski definition) is 0. The van der Waals surface area contributed by atoms with Crippen molar-refractivity contribution in [1.29, 1.82) is 0 Å². The van der Waals surface area contributed by atoms with Crippen LogP contribution >= 0.6 is 0 Å². The predicted octanol–water partition coefficient (Wildman–Crippen LogP) is 9.96. The van der Waals surface area contributed by atoms with Crippen LogP contribution in [0.15, 0.2) is 107 Å². The minimum absolute atomic E-state index is 0.0372. The Kier molecular flexibility index (Phi) is 10.1. The predicted molar refractivity (Wildman–Crippen MR) is 169 cm³/mol. The molecule has 0 bridgehead atoms. The molecule has 0 fully saturated rings. The van der Waals surface area contributed by atoms with Crippen molar-refractivity contribution in [1.82, 2.24) is 0 Å². The van der Waals surface area contributed by atoms with Gasteiger partial charge in [-0.05, 0) is 104 Å². The summed E-state index contributed by atoms with van der Waals surface area (Å²) in [6.45, 7) is 18.6. The lowest BCUT2D eigenvalue weighted by Gasteiger charge is -2.22. The van der Waals surface area contributed by atoms with Crippen molar-refractivity contribution < 1.29 is 17.9 Å². The van der Waals surface area contributed by atoms with Crippen LogP contribution in [0.5, 0.6) is 17.2 Å². The smallest absolute Gasteiger partial charge is 0.206 e. The Balaban J connectivity index is 0.00000226. The van der Waals surface area contributed by atoms with Crippen molar-refractivity contribution >= 4 is 9.84 Å². The fourth-order valence-corrected chi connectivity index (χ4v) is 5.55. The van der Waals surface area contributed by atoms with E-state index in [0.29, 0.717) is 11.5 Å². The summed E-state index contributed by atoms with van der Waals surface area (Å²) < 4.78 is 38.2. The van der Waals surface area contributed by atoms with Gasteiger partial charge in [0.1, 0.15) is 22.8 Å². The van der Waals surface area contributed by atoms with Crippen LogP contribution in [0, 0.1) is 0 Å². The second-order valence-electron chi connectivity index (χ2n) is 11.9. The highest BCUT2D eigenvalue weighted by atomic mass is 32.2. The molecule has 218 valence electrons. The van der Waals surface area contributed by atoms with Gasteiger partial charge in [0, 0.05) is 5.92 Å². The van der Waals surface area contributed by atoms with E-state index < -0.39 is 9.84 Å². The van der Waals surface area contributed by atoms with E-state index in [1.54, 1.807) is 36.4 Å². The molecule has 0 spiro atoms. The minimum atomic E-state index is -3.61. The van der Waals surface area contributed by atoms with Gasteiger partial charge in [0.05, 0.1) is 9.79 Å². The third kappa shape index (κ3) is 8.46. The summed E-state index contributed by atoms with van der Waals surface area (Å²) in [4.78, 5) is 0.520. The lowest BCUT2D eigenvalue weighted by molar-refractivity contribution is 0.131. The van der Waals surface area contributed by atoms with Gasteiger partial charge >= 0.3 is 0 Å². The zero-order valence-corrected chi connectivity index (χ0v) is 26.7. The summed E-state index contributed by atoms with van der Waals surface area (Å²) in [6.07, 6.45) is 0. The van der Waals surface area contributed by atoms with Crippen LogP contribution in [-0.4, -0.2) is 14.0 Å². The van der Waals surface area contributed by atoms with E-state index >= 15 is 0 Å². The number of benzene rings is 4. The Bertz CT molecular complexity index is 1490. The molecule has 4 nitrogen and oxygen atoms in total. The minimum Gasteiger partial charge on any atom is -0.488 e. The monoisotopic (exact) mass is 572 g/mol. The number of hydrogen-bond acceptors (Lipinski definition) is 4. The first-order chi connectivity index (χ1) is 19.2. The first-order valence-corrected chi connectivity index (χ1v) is 15.7. The molecule has 0 aliphatic carbocycles. The quantitative estimate of drug-likeness (QED) is 0.221. The van der Waals surface area contributed by atoms with Crippen LogP contribution in [0.25, 0.3) is 0 Å². The fraction of sp³-hybridized carbons (Fsp3) is 0.333. The van der Waals surface area contributed by atoms with Crippen molar-refractivity contribution in [3.8, 4) is 17.2 Å². The van der Waals surface area contributed by atoms with Crippen molar-refractivity contribution in [3.05, 3.63) is 114 Å². The Labute approximate surface area is 247 Å². The summed E-state index contributed by atoms with van der Waals surface area (Å²) in [6, 6.07) is 29.9. The van der Waals surface area contributed by atoms with Crippen LogP contribution in [0.2, 0.25) is 0 Å². The molecule has 0 amide bonds. The molecule has 0 saturated carbocycles. The maximum absolute atomic E-state index is 13.1. The van der Waals surface area contributed by atoms with E-state index in [0.717, 1.165) is 11.3 Å². The molecule has 4 aromatic rings. The number of sulfone groups is 1. The molecule has 4 aromatic carbocycles. The van der Waals surface area contributed by atoms with Gasteiger partial charge in [-0.3, -0.25) is 0 Å². The number of ether oxygens (including phenoxy) is 2. The molecule has 0 N–H and O–H groups in total. The summed E-state index contributed by atoms with van der Waals surface area (Å²) in [5, 5.41) is 0. The largest absolute Gasteiger partial charge is 0.488 e. The van der Waals surface area contributed by atoms with Gasteiger partial charge in [-0.25, -0.2) is 8.42 Å². The first kappa shape index (κ1) is 32.0. The summed E-state index contributed by atoms with van der Waals surface area (Å²) >= 11 is 0. The molecule has 1 atom stereocenters. The zero-order chi connectivity index (χ0) is 30.4. The summed E-state index contributed by atoms with van der Waals surface area (Å²) in [5.74, 6) is 2.34. The zero-order valence-electron chi connectivity index (χ0n) is 25.9. The first-order valence-electron chi connectivity index (χ1n) is 14.2. The molecule has 0 radical (unpaired) electrons. The van der Waals surface area contributed by atoms with Crippen molar-refractivity contribution in [3.63, 3.8) is 0 Å². The Morgan fingerprint density at radius 3 is 1.32 bits per heavy atom. The van der Waals surface area contributed by atoms with E-state index in [9.17, 15) is 8.42 Å². The van der Waals surface area contributed by atoms with Gasteiger partial charge in [-0.2, -0.15) is 0 Å². The molecule has 4 rings (SSSR count). The van der Waals surface area contributed by atoms with Gasteiger partial charge < -0.3 is 9.47 Å². The van der Waals surface area contributed by atoms with Crippen molar-refractivity contribution in [2.24, 2.45) is 0 Å². The fourth-order valence-electron chi connectivity index (χ4n) is 4.29. The van der Waals surface area contributed by atoms with Crippen LogP contribution in [0.1, 0.15) is 84.9 Å². The van der Waals surface area contributed by atoms with E-state index in [2.05, 4.69) is 52.0 Å². The second kappa shape index (κ2) is 12.9. The Hall–Kier alpha value is -3.57. The molecule has 0 aliphatic heterocycles. The Morgan fingerprint density at radius 1 is 0.561 bits per heavy atom. The lowest BCUT2D eigenvalue weighted by atomic mass is 9.87. The van der Waals surface area contributed by atoms with E-state index in [4.69, 9.17) is 9.47 Å². The topological polar surface area (TPSA) is 52.6 Å². The lowest BCUT2D eigenvalue weighted by Crippen LogP contribution is -2.22. The highest BCUT2D eigenvalue weighted by Crippen LogP contribution is 2.31. The molecular weight excluding hydrogens is 528 g/mol. The molecule has 0 saturated heterocycles. The van der Waals surface area contributed by atoms with Gasteiger partial charge in [-0.15, -0.1) is 0 Å². The van der Waals surface area contributed by atoms with Crippen molar-refractivity contribution in [2.45, 2.75) is 89.0 Å². The highest BCUT2D eigenvalue weighted by molar-refractivity contribution is 7.91. The second-order valence-corrected chi connectivity index (χ2v) is 13.9.